The molecule has 0 aromatic heterocycles. The zero-order valence-corrected chi connectivity index (χ0v) is 12.0. The number of rotatable bonds is 2. The van der Waals surface area contributed by atoms with Crippen molar-refractivity contribution in [2.75, 3.05) is 0 Å². The molecule has 1 saturated heterocycles. The molecule has 0 spiro atoms. The second-order valence-corrected chi connectivity index (χ2v) is 6.29. The SMILES string of the molecule is NC1CCC(=O)N(C2CC2)C1c1ccc2ccccc2c1. The lowest BCUT2D eigenvalue weighted by Gasteiger charge is -2.40. The summed E-state index contributed by atoms with van der Waals surface area (Å²) < 4.78 is 0. The molecule has 2 aromatic rings. The van der Waals surface area contributed by atoms with Gasteiger partial charge in [-0.15, -0.1) is 0 Å². The molecular formula is C18H20N2O. The summed E-state index contributed by atoms with van der Waals surface area (Å²) in [4.78, 5) is 14.4. The fraction of sp³-hybridized carbons (Fsp3) is 0.389. The molecule has 1 amide bonds. The van der Waals surface area contributed by atoms with Gasteiger partial charge in [-0.25, -0.2) is 0 Å². The topological polar surface area (TPSA) is 46.3 Å². The van der Waals surface area contributed by atoms with Crippen LogP contribution in [0.15, 0.2) is 42.5 Å². The molecule has 1 heterocycles. The van der Waals surface area contributed by atoms with E-state index < -0.39 is 0 Å². The molecule has 4 rings (SSSR count). The number of piperidine rings is 1. The lowest BCUT2D eigenvalue weighted by atomic mass is 9.89. The van der Waals surface area contributed by atoms with E-state index >= 15 is 0 Å². The van der Waals surface area contributed by atoms with Gasteiger partial charge >= 0.3 is 0 Å². The molecule has 1 saturated carbocycles. The molecule has 108 valence electrons. The van der Waals surface area contributed by atoms with Crippen LogP contribution in [0.5, 0.6) is 0 Å². The third-order valence-corrected chi connectivity index (χ3v) is 4.74. The van der Waals surface area contributed by atoms with Gasteiger partial charge in [-0.1, -0.05) is 36.4 Å². The summed E-state index contributed by atoms with van der Waals surface area (Å²) in [7, 11) is 0. The summed E-state index contributed by atoms with van der Waals surface area (Å²) in [5.41, 5.74) is 7.56. The van der Waals surface area contributed by atoms with Gasteiger partial charge < -0.3 is 10.6 Å². The van der Waals surface area contributed by atoms with Crippen molar-refractivity contribution >= 4 is 16.7 Å². The Morgan fingerprint density at radius 2 is 1.76 bits per heavy atom. The average Bonchev–Trinajstić information content (AvgIpc) is 3.33. The van der Waals surface area contributed by atoms with Crippen LogP contribution < -0.4 is 5.73 Å². The molecule has 0 radical (unpaired) electrons. The van der Waals surface area contributed by atoms with Gasteiger partial charge in [0, 0.05) is 18.5 Å². The van der Waals surface area contributed by atoms with Gasteiger partial charge in [0.25, 0.3) is 0 Å². The van der Waals surface area contributed by atoms with Crippen molar-refractivity contribution in [2.45, 2.75) is 43.8 Å². The zero-order chi connectivity index (χ0) is 14.4. The second-order valence-electron chi connectivity index (χ2n) is 6.29. The van der Waals surface area contributed by atoms with E-state index in [1.807, 2.05) is 6.07 Å². The summed E-state index contributed by atoms with van der Waals surface area (Å²) in [6.45, 7) is 0. The molecule has 2 fully saturated rings. The van der Waals surface area contributed by atoms with Crippen LogP contribution >= 0.6 is 0 Å². The third-order valence-electron chi connectivity index (χ3n) is 4.74. The first-order valence-electron chi connectivity index (χ1n) is 7.79. The fourth-order valence-corrected chi connectivity index (χ4v) is 3.52. The monoisotopic (exact) mass is 280 g/mol. The van der Waals surface area contributed by atoms with E-state index in [1.54, 1.807) is 0 Å². The van der Waals surface area contributed by atoms with Crippen LogP contribution in [0, 0.1) is 0 Å². The Kier molecular flexibility index (Phi) is 2.96. The van der Waals surface area contributed by atoms with E-state index in [9.17, 15) is 4.79 Å². The van der Waals surface area contributed by atoms with Crippen LogP contribution in [-0.2, 0) is 4.79 Å². The number of hydrogen-bond acceptors (Lipinski definition) is 2. The molecule has 2 aromatic carbocycles. The normalized spacial score (nSPS) is 26.3. The number of hydrogen-bond donors (Lipinski definition) is 1. The van der Waals surface area contributed by atoms with Crippen LogP contribution in [0.4, 0.5) is 0 Å². The molecule has 2 atom stereocenters. The molecule has 2 unspecified atom stereocenters. The Balaban J connectivity index is 1.78. The van der Waals surface area contributed by atoms with Crippen LogP contribution in [0.1, 0.15) is 37.3 Å². The first kappa shape index (κ1) is 12.8. The van der Waals surface area contributed by atoms with Crippen molar-refractivity contribution in [2.24, 2.45) is 5.73 Å². The number of nitrogens with two attached hydrogens (primary N) is 1. The molecule has 1 aliphatic heterocycles. The number of fused-ring (bicyclic) bond motifs is 1. The van der Waals surface area contributed by atoms with Crippen molar-refractivity contribution in [1.29, 1.82) is 0 Å². The number of carbonyl (C=O) groups excluding carboxylic acids is 1. The zero-order valence-electron chi connectivity index (χ0n) is 12.0. The number of carbonyl (C=O) groups is 1. The minimum atomic E-state index is 0.0448. The van der Waals surface area contributed by atoms with E-state index in [0.717, 1.165) is 19.3 Å². The molecule has 21 heavy (non-hydrogen) atoms. The van der Waals surface area contributed by atoms with Crippen LogP contribution in [0.25, 0.3) is 10.8 Å². The van der Waals surface area contributed by atoms with Crippen molar-refractivity contribution in [3.8, 4) is 0 Å². The maximum Gasteiger partial charge on any atom is 0.223 e. The Hall–Kier alpha value is -1.87. The molecule has 0 bridgehead atoms. The maximum absolute atomic E-state index is 12.3. The van der Waals surface area contributed by atoms with Crippen LogP contribution in [0.3, 0.4) is 0 Å². The Morgan fingerprint density at radius 1 is 1.00 bits per heavy atom. The van der Waals surface area contributed by atoms with E-state index in [-0.39, 0.29) is 18.0 Å². The number of amides is 1. The Bertz CT molecular complexity index is 692. The van der Waals surface area contributed by atoms with Gasteiger partial charge in [-0.3, -0.25) is 4.79 Å². The van der Waals surface area contributed by atoms with E-state index in [1.165, 1.54) is 16.3 Å². The highest BCUT2D eigenvalue weighted by Gasteiger charge is 2.42. The summed E-state index contributed by atoms with van der Waals surface area (Å²) >= 11 is 0. The number of nitrogens with zero attached hydrogens (tertiary/aromatic N) is 1. The maximum atomic E-state index is 12.3. The summed E-state index contributed by atoms with van der Waals surface area (Å²) in [5, 5.41) is 2.45. The summed E-state index contributed by atoms with van der Waals surface area (Å²) in [5.74, 6) is 0.275. The standard InChI is InChI=1S/C18H20N2O/c19-16-9-10-17(21)20(15-7-8-15)18(16)14-6-5-12-3-1-2-4-13(12)11-14/h1-6,11,15-16,18H,7-10,19H2. The quantitative estimate of drug-likeness (QED) is 0.919. The van der Waals surface area contributed by atoms with E-state index in [2.05, 4.69) is 41.3 Å². The number of benzene rings is 2. The van der Waals surface area contributed by atoms with Gasteiger partial charge in [-0.05, 0) is 41.7 Å². The molecule has 2 N–H and O–H groups in total. The smallest absolute Gasteiger partial charge is 0.223 e. The Morgan fingerprint density at radius 3 is 2.52 bits per heavy atom. The predicted molar refractivity (Wildman–Crippen MR) is 83.8 cm³/mol. The van der Waals surface area contributed by atoms with Gasteiger partial charge in [-0.2, -0.15) is 0 Å². The van der Waals surface area contributed by atoms with Crippen molar-refractivity contribution < 1.29 is 4.79 Å². The average molecular weight is 280 g/mol. The Labute approximate surface area is 124 Å². The minimum Gasteiger partial charge on any atom is -0.331 e. The van der Waals surface area contributed by atoms with E-state index in [0.29, 0.717) is 12.5 Å². The summed E-state index contributed by atoms with van der Waals surface area (Å²) in [6, 6.07) is 15.3. The minimum absolute atomic E-state index is 0.0448. The van der Waals surface area contributed by atoms with Crippen LogP contribution in [0.2, 0.25) is 0 Å². The van der Waals surface area contributed by atoms with Crippen molar-refractivity contribution in [1.82, 2.24) is 4.90 Å². The molecule has 1 aliphatic carbocycles. The largest absolute Gasteiger partial charge is 0.331 e. The van der Waals surface area contributed by atoms with Gasteiger partial charge in [0.05, 0.1) is 6.04 Å². The first-order chi connectivity index (χ1) is 10.2. The molecular weight excluding hydrogens is 260 g/mol. The first-order valence-corrected chi connectivity index (χ1v) is 7.79. The van der Waals surface area contributed by atoms with Crippen molar-refractivity contribution in [3.63, 3.8) is 0 Å². The summed E-state index contributed by atoms with van der Waals surface area (Å²) in [6.07, 6.45) is 3.65. The highest BCUT2D eigenvalue weighted by molar-refractivity contribution is 5.84. The lowest BCUT2D eigenvalue weighted by Crippen LogP contribution is -2.49. The molecule has 2 aliphatic rings. The molecule has 3 nitrogen and oxygen atoms in total. The predicted octanol–water partition coefficient (Wildman–Crippen LogP) is 2.99. The van der Waals surface area contributed by atoms with E-state index in [4.69, 9.17) is 5.73 Å². The highest BCUT2D eigenvalue weighted by Crippen LogP contribution is 2.40. The van der Waals surface area contributed by atoms with Gasteiger partial charge in [0.2, 0.25) is 5.91 Å². The number of likely N-dealkylation sites (tertiary alicyclic amines) is 1. The van der Waals surface area contributed by atoms with Gasteiger partial charge in [0.1, 0.15) is 0 Å². The highest BCUT2D eigenvalue weighted by atomic mass is 16.2. The second kappa shape index (κ2) is 4.85. The molecule has 3 heteroatoms. The fourth-order valence-electron chi connectivity index (χ4n) is 3.52. The lowest BCUT2D eigenvalue weighted by molar-refractivity contribution is -0.138. The van der Waals surface area contributed by atoms with Crippen LogP contribution in [-0.4, -0.2) is 22.9 Å². The third kappa shape index (κ3) is 2.22. The van der Waals surface area contributed by atoms with Crippen molar-refractivity contribution in [3.05, 3.63) is 48.0 Å². The van der Waals surface area contributed by atoms with Gasteiger partial charge in [0.15, 0.2) is 0 Å².